The Morgan fingerprint density at radius 2 is 2.14 bits per heavy atom. The van der Waals surface area contributed by atoms with E-state index in [1.54, 1.807) is 11.3 Å². The third-order valence-corrected chi connectivity index (χ3v) is 5.01. The van der Waals surface area contributed by atoms with Crippen LogP contribution in [0.15, 0.2) is 16.8 Å². The number of hydrogen-bond donors (Lipinski definition) is 0. The zero-order valence-electron chi connectivity index (χ0n) is 9.22. The molecule has 1 atom stereocenters. The minimum Gasteiger partial charge on any atom is -0.152 e. The van der Waals surface area contributed by atoms with Gasteiger partial charge >= 0.3 is 0 Å². The van der Waals surface area contributed by atoms with Crippen LogP contribution < -0.4 is 0 Å². The maximum Gasteiger partial charge on any atom is 0.0194 e. The maximum absolute atomic E-state index is 3.77. The molecule has 0 saturated heterocycles. The molecule has 0 amide bonds. The summed E-state index contributed by atoms with van der Waals surface area (Å²) in [5.74, 6) is 0. The van der Waals surface area contributed by atoms with Crippen molar-refractivity contribution in [2.24, 2.45) is 5.41 Å². The Morgan fingerprint density at radius 3 is 2.64 bits per heavy atom. The van der Waals surface area contributed by atoms with Gasteiger partial charge in [0.2, 0.25) is 0 Å². The van der Waals surface area contributed by atoms with Crippen molar-refractivity contribution in [3.63, 3.8) is 0 Å². The molecule has 0 N–H and O–H groups in total. The van der Waals surface area contributed by atoms with E-state index < -0.39 is 0 Å². The molecule has 0 radical (unpaired) electrons. The van der Waals surface area contributed by atoms with Crippen molar-refractivity contribution < 1.29 is 0 Å². The fourth-order valence-corrected chi connectivity index (χ4v) is 2.38. The Bertz CT molecular complexity index is 246. The molecule has 1 aromatic rings. The number of alkyl halides is 1. The van der Waals surface area contributed by atoms with Gasteiger partial charge in [-0.15, -0.1) is 0 Å². The molecule has 1 heterocycles. The second-order valence-electron chi connectivity index (χ2n) is 4.86. The monoisotopic (exact) mass is 274 g/mol. The average Bonchev–Trinajstić information content (AvgIpc) is 2.55. The van der Waals surface area contributed by atoms with Crippen molar-refractivity contribution in [1.82, 2.24) is 0 Å². The summed E-state index contributed by atoms with van der Waals surface area (Å²) in [6.07, 6.45) is 3.77. The molecule has 0 saturated carbocycles. The van der Waals surface area contributed by atoms with Crippen LogP contribution in [0.25, 0.3) is 0 Å². The molecule has 0 spiro atoms. The van der Waals surface area contributed by atoms with E-state index in [4.69, 9.17) is 0 Å². The minimum atomic E-state index is 0.384. The molecule has 0 fully saturated rings. The summed E-state index contributed by atoms with van der Waals surface area (Å²) in [4.78, 5) is 0.633. The smallest absolute Gasteiger partial charge is 0.0194 e. The van der Waals surface area contributed by atoms with Gasteiger partial charge in [-0.25, -0.2) is 0 Å². The Morgan fingerprint density at radius 1 is 1.43 bits per heavy atom. The van der Waals surface area contributed by atoms with Gasteiger partial charge in [0.25, 0.3) is 0 Å². The van der Waals surface area contributed by atoms with Crippen molar-refractivity contribution in [2.75, 3.05) is 0 Å². The van der Waals surface area contributed by atoms with Gasteiger partial charge in [0.05, 0.1) is 0 Å². The van der Waals surface area contributed by atoms with Gasteiger partial charge in [0.15, 0.2) is 0 Å². The summed E-state index contributed by atoms with van der Waals surface area (Å²) in [7, 11) is 0. The Hall–Kier alpha value is 0.180. The highest BCUT2D eigenvalue weighted by atomic mass is 79.9. The summed E-state index contributed by atoms with van der Waals surface area (Å²) in [5.41, 5.74) is 1.87. The van der Waals surface area contributed by atoms with Gasteiger partial charge < -0.3 is 0 Å². The SMILES string of the molecule is CC(C)(C)C(Br)CCCc1ccsc1. The first kappa shape index (κ1) is 12.3. The first-order chi connectivity index (χ1) is 6.50. The van der Waals surface area contributed by atoms with Crippen LogP contribution in [0.3, 0.4) is 0 Å². The summed E-state index contributed by atoms with van der Waals surface area (Å²) in [6.45, 7) is 6.87. The van der Waals surface area contributed by atoms with E-state index in [-0.39, 0.29) is 0 Å². The van der Waals surface area contributed by atoms with Gasteiger partial charge in [-0.1, -0.05) is 36.7 Å². The first-order valence-electron chi connectivity index (χ1n) is 5.15. The molecule has 0 nitrogen and oxygen atoms in total. The zero-order valence-corrected chi connectivity index (χ0v) is 11.6. The van der Waals surface area contributed by atoms with Crippen molar-refractivity contribution >= 4 is 27.3 Å². The number of hydrogen-bond acceptors (Lipinski definition) is 1. The minimum absolute atomic E-state index is 0.384. The van der Waals surface area contributed by atoms with Crippen molar-refractivity contribution in [2.45, 2.75) is 44.9 Å². The van der Waals surface area contributed by atoms with E-state index in [1.165, 1.54) is 24.8 Å². The molecule has 0 aromatic carbocycles. The molecule has 1 aromatic heterocycles. The third-order valence-electron chi connectivity index (χ3n) is 2.44. The fraction of sp³-hybridized carbons (Fsp3) is 0.667. The molecule has 14 heavy (non-hydrogen) atoms. The Balaban J connectivity index is 2.22. The van der Waals surface area contributed by atoms with E-state index in [2.05, 4.69) is 53.5 Å². The molecule has 1 rings (SSSR count). The fourth-order valence-electron chi connectivity index (χ4n) is 1.35. The molecule has 0 aliphatic rings. The highest BCUT2D eigenvalue weighted by molar-refractivity contribution is 9.09. The molecule has 0 aliphatic heterocycles. The van der Waals surface area contributed by atoms with Crippen molar-refractivity contribution in [3.8, 4) is 0 Å². The number of thiophene rings is 1. The van der Waals surface area contributed by atoms with E-state index in [0.29, 0.717) is 10.2 Å². The van der Waals surface area contributed by atoms with Crippen LogP contribution >= 0.6 is 27.3 Å². The Labute approximate surface area is 99.9 Å². The summed E-state index contributed by atoms with van der Waals surface area (Å²) in [6, 6.07) is 2.23. The van der Waals surface area contributed by atoms with Gasteiger partial charge in [-0.2, -0.15) is 11.3 Å². The zero-order chi connectivity index (χ0) is 10.6. The number of aryl methyl sites for hydroxylation is 1. The summed E-state index contributed by atoms with van der Waals surface area (Å²) < 4.78 is 0. The highest BCUT2D eigenvalue weighted by Gasteiger charge is 2.20. The summed E-state index contributed by atoms with van der Waals surface area (Å²) >= 11 is 5.56. The standard InChI is InChI=1S/C12H19BrS/c1-12(2,3)11(13)6-4-5-10-7-8-14-9-10/h7-9,11H,4-6H2,1-3H3. The highest BCUT2D eigenvalue weighted by Crippen LogP contribution is 2.30. The van der Waals surface area contributed by atoms with Gasteiger partial charge in [0.1, 0.15) is 0 Å². The topological polar surface area (TPSA) is 0 Å². The Kier molecular flexibility index (Phi) is 4.65. The largest absolute Gasteiger partial charge is 0.152 e. The molecule has 80 valence electrons. The second kappa shape index (κ2) is 5.32. The van der Waals surface area contributed by atoms with Gasteiger partial charge in [-0.3, -0.25) is 0 Å². The van der Waals surface area contributed by atoms with Crippen LogP contribution in [0.4, 0.5) is 0 Å². The second-order valence-corrected chi connectivity index (χ2v) is 6.74. The van der Waals surface area contributed by atoms with Crippen LogP contribution in [-0.2, 0) is 6.42 Å². The number of halogens is 1. The summed E-state index contributed by atoms with van der Waals surface area (Å²) in [5, 5.41) is 4.41. The lowest BCUT2D eigenvalue weighted by molar-refractivity contribution is 0.380. The van der Waals surface area contributed by atoms with Gasteiger partial charge in [0, 0.05) is 4.83 Å². The molecule has 0 aliphatic carbocycles. The molecular weight excluding hydrogens is 256 g/mol. The molecule has 1 unspecified atom stereocenters. The molecular formula is C12H19BrS. The van der Waals surface area contributed by atoms with Crippen molar-refractivity contribution in [1.29, 1.82) is 0 Å². The lowest BCUT2D eigenvalue weighted by Gasteiger charge is -2.25. The quantitative estimate of drug-likeness (QED) is 0.687. The van der Waals surface area contributed by atoms with Crippen LogP contribution in [0.2, 0.25) is 0 Å². The third kappa shape index (κ3) is 4.14. The first-order valence-corrected chi connectivity index (χ1v) is 7.01. The van der Waals surface area contributed by atoms with E-state index >= 15 is 0 Å². The molecule has 0 bridgehead atoms. The van der Waals surface area contributed by atoms with Crippen molar-refractivity contribution in [3.05, 3.63) is 22.4 Å². The lowest BCUT2D eigenvalue weighted by atomic mass is 9.89. The van der Waals surface area contributed by atoms with E-state index in [1.807, 2.05) is 0 Å². The van der Waals surface area contributed by atoms with E-state index in [0.717, 1.165) is 0 Å². The average molecular weight is 275 g/mol. The predicted molar refractivity (Wildman–Crippen MR) is 69.4 cm³/mol. The van der Waals surface area contributed by atoms with Crippen LogP contribution in [0.5, 0.6) is 0 Å². The normalized spacial score (nSPS) is 14.3. The van der Waals surface area contributed by atoms with Crippen LogP contribution in [0.1, 0.15) is 39.2 Å². The molecule has 2 heteroatoms. The van der Waals surface area contributed by atoms with E-state index in [9.17, 15) is 0 Å². The van der Waals surface area contributed by atoms with Gasteiger partial charge in [-0.05, 0) is 47.1 Å². The maximum atomic E-state index is 3.77. The number of rotatable bonds is 4. The van der Waals surface area contributed by atoms with Crippen LogP contribution in [0, 0.1) is 5.41 Å². The van der Waals surface area contributed by atoms with Crippen LogP contribution in [-0.4, -0.2) is 4.83 Å². The predicted octanol–water partition coefficient (Wildman–Crippen LogP) is 4.88. The lowest BCUT2D eigenvalue weighted by Crippen LogP contribution is -2.20.